The van der Waals surface area contributed by atoms with Gasteiger partial charge in [0.2, 0.25) is 5.91 Å². The van der Waals surface area contributed by atoms with Crippen LogP contribution >= 0.6 is 11.6 Å². The van der Waals surface area contributed by atoms with Crippen molar-refractivity contribution in [3.63, 3.8) is 0 Å². The second-order valence-corrected chi connectivity index (χ2v) is 7.03. The van der Waals surface area contributed by atoms with Gasteiger partial charge in [-0.05, 0) is 43.9 Å². The lowest BCUT2D eigenvalue weighted by atomic mass is 9.78. The van der Waals surface area contributed by atoms with Crippen molar-refractivity contribution in [1.82, 2.24) is 10.5 Å². The molecule has 3 rings (SSSR count). The number of nitrogens with zero attached hydrogens (tertiary/aromatic N) is 1. The number of benzene rings is 1. The summed E-state index contributed by atoms with van der Waals surface area (Å²) in [6, 6.07) is 9.66. The van der Waals surface area contributed by atoms with Crippen LogP contribution in [0.25, 0.3) is 0 Å². The van der Waals surface area contributed by atoms with Crippen LogP contribution in [0.2, 0.25) is 5.02 Å². The fourth-order valence-electron chi connectivity index (χ4n) is 3.56. The number of carbonyl (C=O) groups is 1. The number of nitrogens with one attached hydrogen (secondary N) is 1. The van der Waals surface area contributed by atoms with Crippen LogP contribution < -0.4 is 5.32 Å². The molecule has 1 amide bonds. The number of halogens is 1. The largest absolute Gasteiger partial charge is 0.361 e. The van der Waals surface area contributed by atoms with Gasteiger partial charge in [-0.25, -0.2) is 0 Å². The van der Waals surface area contributed by atoms with Gasteiger partial charge >= 0.3 is 0 Å². The predicted molar refractivity (Wildman–Crippen MR) is 94.2 cm³/mol. The van der Waals surface area contributed by atoms with Crippen molar-refractivity contribution in [2.24, 2.45) is 0 Å². The van der Waals surface area contributed by atoms with Crippen molar-refractivity contribution in [2.75, 3.05) is 6.54 Å². The second-order valence-electron chi connectivity index (χ2n) is 6.59. The van der Waals surface area contributed by atoms with E-state index in [9.17, 15) is 4.79 Å². The number of amides is 1. The van der Waals surface area contributed by atoms with Crippen LogP contribution in [0.3, 0.4) is 0 Å². The van der Waals surface area contributed by atoms with E-state index in [-0.39, 0.29) is 5.91 Å². The van der Waals surface area contributed by atoms with Gasteiger partial charge in [0.15, 0.2) is 0 Å². The minimum Gasteiger partial charge on any atom is -0.361 e. The van der Waals surface area contributed by atoms with Crippen molar-refractivity contribution in [3.8, 4) is 0 Å². The van der Waals surface area contributed by atoms with Crippen LogP contribution in [0.1, 0.15) is 49.1 Å². The summed E-state index contributed by atoms with van der Waals surface area (Å²) in [4.78, 5) is 12.9. The first-order chi connectivity index (χ1) is 11.6. The Morgan fingerprint density at radius 3 is 2.62 bits per heavy atom. The topological polar surface area (TPSA) is 55.1 Å². The zero-order chi connectivity index (χ0) is 17.0. The lowest BCUT2D eigenvalue weighted by molar-refractivity contribution is -0.126. The van der Waals surface area contributed by atoms with Gasteiger partial charge in [-0.15, -0.1) is 0 Å². The maximum Gasteiger partial charge on any atom is 0.230 e. The highest BCUT2D eigenvalue weighted by atomic mass is 35.5. The van der Waals surface area contributed by atoms with Crippen LogP contribution in [0, 0.1) is 6.92 Å². The molecular formula is C19H23ClN2O2. The SMILES string of the molecule is Cc1cc(CCCNC(=O)C2(c3ccc(Cl)cc3)CCCC2)on1. The predicted octanol–water partition coefficient (Wildman–Crippen LogP) is 4.20. The highest BCUT2D eigenvalue weighted by molar-refractivity contribution is 6.30. The van der Waals surface area contributed by atoms with Crippen LogP contribution in [-0.4, -0.2) is 17.6 Å². The highest BCUT2D eigenvalue weighted by Crippen LogP contribution is 2.41. The first-order valence-corrected chi connectivity index (χ1v) is 8.94. The maximum absolute atomic E-state index is 12.9. The van der Waals surface area contributed by atoms with E-state index < -0.39 is 5.41 Å². The molecule has 1 fully saturated rings. The van der Waals surface area contributed by atoms with Gasteiger partial charge in [0.25, 0.3) is 0 Å². The summed E-state index contributed by atoms with van der Waals surface area (Å²) < 4.78 is 5.20. The van der Waals surface area contributed by atoms with Crippen LogP contribution in [0.4, 0.5) is 0 Å². The van der Waals surface area contributed by atoms with E-state index in [0.29, 0.717) is 11.6 Å². The number of aromatic nitrogens is 1. The molecule has 1 saturated carbocycles. The summed E-state index contributed by atoms with van der Waals surface area (Å²) in [6.45, 7) is 2.55. The van der Waals surface area contributed by atoms with E-state index in [0.717, 1.165) is 55.5 Å². The average molecular weight is 347 g/mol. The molecule has 0 aliphatic heterocycles. The van der Waals surface area contributed by atoms with Gasteiger partial charge in [-0.1, -0.05) is 41.7 Å². The zero-order valence-electron chi connectivity index (χ0n) is 14.0. The Morgan fingerprint density at radius 1 is 1.29 bits per heavy atom. The van der Waals surface area contributed by atoms with E-state index in [1.54, 1.807) is 0 Å². The standard InChI is InChI=1S/C19H23ClN2O2/c1-14-13-17(24-22-14)5-4-12-21-18(23)19(10-2-3-11-19)15-6-8-16(20)9-7-15/h6-9,13H,2-5,10-12H2,1H3,(H,21,23). The van der Waals surface area contributed by atoms with Crippen LogP contribution in [0.15, 0.2) is 34.9 Å². The Kier molecular flexibility index (Phi) is 5.24. The molecule has 0 bridgehead atoms. The monoisotopic (exact) mass is 346 g/mol. The molecule has 0 radical (unpaired) electrons. The van der Waals surface area contributed by atoms with E-state index >= 15 is 0 Å². The molecule has 1 aromatic heterocycles. The summed E-state index contributed by atoms with van der Waals surface area (Å²) in [7, 11) is 0. The highest BCUT2D eigenvalue weighted by Gasteiger charge is 2.42. The Balaban J connectivity index is 1.59. The van der Waals surface area contributed by atoms with Crippen LogP contribution in [-0.2, 0) is 16.6 Å². The molecule has 128 valence electrons. The third-order valence-electron chi connectivity index (χ3n) is 4.85. The van der Waals surface area contributed by atoms with Gasteiger partial charge in [0, 0.05) is 24.1 Å². The minimum absolute atomic E-state index is 0.135. The third kappa shape index (κ3) is 3.64. The van der Waals surface area contributed by atoms with Crippen molar-refractivity contribution in [3.05, 3.63) is 52.4 Å². The molecule has 24 heavy (non-hydrogen) atoms. The van der Waals surface area contributed by atoms with Crippen LogP contribution in [0.5, 0.6) is 0 Å². The second kappa shape index (κ2) is 7.39. The normalized spacial score (nSPS) is 16.2. The van der Waals surface area contributed by atoms with Gasteiger partial charge in [-0.3, -0.25) is 4.79 Å². The summed E-state index contributed by atoms with van der Waals surface area (Å²) in [6.07, 6.45) is 5.62. The lowest BCUT2D eigenvalue weighted by Crippen LogP contribution is -2.43. The molecule has 1 aliphatic rings. The maximum atomic E-state index is 12.9. The Morgan fingerprint density at radius 2 is 2.00 bits per heavy atom. The molecule has 1 N–H and O–H groups in total. The fraction of sp³-hybridized carbons (Fsp3) is 0.474. The van der Waals surface area contributed by atoms with Crippen molar-refractivity contribution in [1.29, 1.82) is 0 Å². The number of carbonyl (C=O) groups excluding carboxylic acids is 1. The molecule has 5 heteroatoms. The minimum atomic E-state index is -0.395. The molecule has 1 aromatic carbocycles. The van der Waals surface area contributed by atoms with Crippen molar-refractivity contribution in [2.45, 2.75) is 50.9 Å². The molecule has 1 aliphatic carbocycles. The van der Waals surface area contributed by atoms with Gasteiger partial charge < -0.3 is 9.84 Å². The number of rotatable bonds is 6. The van der Waals surface area contributed by atoms with E-state index in [1.807, 2.05) is 37.3 Å². The molecular weight excluding hydrogens is 324 g/mol. The van der Waals surface area contributed by atoms with E-state index in [4.69, 9.17) is 16.1 Å². The van der Waals surface area contributed by atoms with Gasteiger partial charge in [-0.2, -0.15) is 0 Å². The summed E-state index contributed by atoms with van der Waals surface area (Å²) in [5.74, 6) is 1.01. The smallest absolute Gasteiger partial charge is 0.230 e. The first kappa shape index (κ1) is 17.0. The molecule has 0 atom stereocenters. The lowest BCUT2D eigenvalue weighted by Gasteiger charge is -2.28. The van der Waals surface area contributed by atoms with E-state index in [1.165, 1.54) is 0 Å². The Hall–Kier alpha value is -1.81. The first-order valence-electron chi connectivity index (χ1n) is 8.57. The third-order valence-corrected chi connectivity index (χ3v) is 5.10. The molecule has 0 saturated heterocycles. The summed E-state index contributed by atoms with van der Waals surface area (Å²) in [5.41, 5.74) is 1.57. The number of aryl methyl sites for hydroxylation is 2. The Labute approximate surface area is 147 Å². The molecule has 0 spiro atoms. The Bertz CT molecular complexity index is 688. The fourth-order valence-corrected chi connectivity index (χ4v) is 3.69. The summed E-state index contributed by atoms with van der Waals surface area (Å²) in [5, 5.41) is 7.70. The average Bonchev–Trinajstić information content (AvgIpc) is 3.22. The van der Waals surface area contributed by atoms with Crippen molar-refractivity contribution >= 4 is 17.5 Å². The summed E-state index contributed by atoms with van der Waals surface area (Å²) >= 11 is 5.99. The number of hydrogen-bond acceptors (Lipinski definition) is 3. The molecule has 0 unspecified atom stereocenters. The van der Waals surface area contributed by atoms with E-state index in [2.05, 4.69) is 10.5 Å². The zero-order valence-corrected chi connectivity index (χ0v) is 14.7. The molecule has 2 aromatic rings. The molecule has 4 nitrogen and oxygen atoms in total. The quantitative estimate of drug-likeness (QED) is 0.797. The van der Waals surface area contributed by atoms with Gasteiger partial charge in [0.05, 0.1) is 11.1 Å². The van der Waals surface area contributed by atoms with Crippen molar-refractivity contribution < 1.29 is 9.32 Å². The molecule has 1 heterocycles. The number of hydrogen-bond donors (Lipinski definition) is 1. The van der Waals surface area contributed by atoms with Gasteiger partial charge in [0.1, 0.15) is 5.76 Å².